The number of nitrogens with one attached hydrogen (secondary N) is 1. The minimum atomic E-state index is 0.367. The van der Waals surface area contributed by atoms with Crippen LogP contribution in [0, 0.1) is 0 Å². The van der Waals surface area contributed by atoms with Crippen LogP contribution in [0.4, 0.5) is 0 Å². The van der Waals surface area contributed by atoms with Crippen molar-refractivity contribution in [2.45, 2.75) is 32.0 Å². The maximum atomic E-state index is 4.83. The molecule has 0 radical (unpaired) electrons. The molecule has 1 aliphatic rings. The molecule has 0 spiro atoms. The molecule has 0 amide bonds. The van der Waals surface area contributed by atoms with Crippen molar-refractivity contribution in [2.75, 3.05) is 13.1 Å². The largest absolute Gasteiger partial charge is 0.343 e. The molecule has 0 saturated carbocycles. The Bertz CT molecular complexity index is 514. The van der Waals surface area contributed by atoms with Crippen LogP contribution in [0.5, 0.6) is 0 Å². The van der Waals surface area contributed by atoms with Crippen molar-refractivity contribution >= 4 is 0 Å². The van der Waals surface area contributed by atoms with E-state index in [0.29, 0.717) is 12.1 Å². The summed E-state index contributed by atoms with van der Waals surface area (Å²) in [6.45, 7) is 4.93. The average Bonchev–Trinajstić information content (AvgIpc) is 3.01. The van der Waals surface area contributed by atoms with E-state index >= 15 is 0 Å². The summed E-state index contributed by atoms with van der Waals surface area (Å²) >= 11 is 0. The number of hydrogen-bond acceptors (Lipinski definition) is 5. The van der Waals surface area contributed by atoms with E-state index in [2.05, 4.69) is 57.6 Å². The van der Waals surface area contributed by atoms with Gasteiger partial charge in [0.05, 0.1) is 6.54 Å². The molecule has 1 aromatic heterocycles. The van der Waals surface area contributed by atoms with Gasteiger partial charge in [0.2, 0.25) is 6.39 Å². The SMILES string of the molecule is CCC1CNC(c2ccccc2)CN1Cc1ncon1. The van der Waals surface area contributed by atoms with Gasteiger partial charge in [-0.1, -0.05) is 42.4 Å². The third-order valence-electron chi connectivity index (χ3n) is 3.96. The third kappa shape index (κ3) is 2.89. The van der Waals surface area contributed by atoms with E-state index in [9.17, 15) is 0 Å². The first-order valence-corrected chi connectivity index (χ1v) is 7.14. The standard InChI is InChI=1S/C15H20N4O/c1-2-13-8-16-14(12-6-4-3-5-7-12)9-19(13)10-15-17-11-20-18-15/h3-7,11,13-14,16H,2,8-10H2,1H3. The van der Waals surface area contributed by atoms with Crippen molar-refractivity contribution in [2.24, 2.45) is 0 Å². The highest BCUT2D eigenvalue weighted by Crippen LogP contribution is 2.22. The van der Waals surface area contributed by atoms with Crippen molar-refractivity contribution < 1.29 is 4.52 Å². The summed E-state index contributed by atoms with van der Waals surface area (Å²) in [5.74, 6) is 0.761. The lowest BCUT2D eigenvalue weighted by Crippen LogP contribution is -2.52. The highest BCUT2D eigenvalue weighted by atomic mass is 16.5. The normalized spacial score (nSPS) is 23.9. The maximum absolute atomic E-state index is 4.83. The number of nitrogens with zero attached hydrogens (tertiary/aromatic N) is 3. The highest BCUT2D eigenvalue weighted by Gasteiger charge is 2.28. The van der Waals surface area contributed by atoms with Gasteiger partial charge in [0.25, 0.3) is 0 Å². The Morgan fingerprint density at radius 3 is 2.90 bits per heavy atom. The average molecular weight is 272 g/mol. The summed E-state index contributed by atoms with van der Waals surface area (Å²) < 4.78 is 4.83. The van der Waals surface area contributed by atoms with Crippen LogP contribution in [0.1, 0.15) is 30.8 Å². The van der Waals surface area contributed by atoms with Crippen LogP contribution in [0.15, 0.2) is 41.2 Å². The molecule has 5 heteroatoms. The Labute approximate surface area is 119 Å². The van der Waals surface area contributed by atoms with Crippen molar-refractivity contribution in [1.82, 2.24) is 20.4 Å². The molecule has 1 N–H and O–H groups in total. The molecule has 1 aliphatic heterocycles. The molecule has 1 aromatic carbocycles. The Balaban J connectivity index is 1.72. The minimum Gasteiger partial charge on any atom is -0.343 e. The molecule has 2 unspecified atom stereocenters. The summed E-state index contributed by atoms with van der Waals surface area (Å²) in [7, 11) is 0. The van der Waals surface area contributed by atoms with Crippen LogP contribution < -0.4 is 5.32 Å². The van der Waals surface area contributed by atoms with E-state index in [1.807, 2.05) is 0 Å². The van der Waals surface area contributed by atoms with Crippen LogP contribution in [0.3, 0.4) is 0 Å². The van der Waals surface area contributed by atoms with Gasteiger partial charge in [0.1, 0.15) is 0 Å². The van der Waals surface area contributed by atoms with Crippen LogP contribution in [0.25, 0.3) is 0 Å². The van der Waals surface area contributed by atoms with Crippen LogP contribution >= 0.6 is 0 Å². The van der Waals surface area contributed by atoms with Gasteiger partial charge in [0, 0.05) is 25.2 Å². The lowest BCUT2D eigenvalue weighted by Gasteiger charge is -2.39. The van der Waals surface area contributed by atoms with Gasteiger partial charge in [-0.2, -0.15) is 4.98 Å². The van der Waals surface area contributed by atoms with Crippen molar-refractivity contribution in [3.63, 3.8) is 0 Å². The molecule has 0 bridgehead atoms. The first kappa shape index (κ1) is 13.3. The third-order valence-corrected chi connectivity index (χ3v) is 3.96. The molecule has 2 atom stereocenters. The van der Waals surface area contributed by atoms with Gasteiger partial charge in [-0.05, 0) is 12.0 Å². The second-order valence-corrected chi connectivity index (χ2v) is 5.21. The zero-order chi connectivity index (χ0) is 13.8. The first-order chi connectivity index (χ1) is 9.86. The first-order valence-electron chi connectivity index (χ1n) is 7.14. The Kier molecular flexibility index (Phi) is 4.08. The van der Waals surface area contributed by atoms with Gasteiger partial charge in [-0.3, -0.25) is 4.90 Å². The van der Waals surface area contributed by atoms with E-state index in [4.69, 9.17) is 4.52 Å². The quantitative estimate of drug-likeness (QED) is 0.922. The van der Waals surface area contributed by atoms with E-state index in [0.717, 1.165) is 31.9 Å². The predicted molar refractivity (Wildman–Crippen MR) is 76.0 cm³/mol. The summed E-state index contributed by atoms with van der Waals surface area (Å²) in [4.78, 5) is 6.58. The molecular formula is C15H20N4O. The molecule has 106 valence electrons. The minimum absolute atomic E-state index is 0.367. The van der Waals surface area contributed by atoms with E-state index < -0.39 is 0 Å². The topological polar surface area (TPSA) is 54.2 Å². The van der Waals surface area contributed by atoms with Gasteiger partial charge >= 0.3 is 0 Å². The molecule has 1 saturated heterocycles. The van der Waals surface area contributed by atoms with E-state index in [1.165, 1.54) is 12.0 Å². The summed E-state index contributed by atoms with van der Waals surface area (Å²) in [6.07, 6.45) is 2.51. The smallest absolute Gasteiger partial charge is 0.213 e. The highest BCUT2D eigenvalue weighted by molar-refractivity contribution is 5.20. The summed E-state index contributed by atoms with van der Waals surface area (Å²) in [5.41, 5.74) is 1.33. The fourth-order valence-corrected chi connectivity index (χ4v) is 2.80. The number of hydrogen-bond donors (Lipinski definition) is 1. The van der Waals surface area contributed by atoms with Gasteiger partial charge in [0.15, 0.2) is 5.82 Å². The van der Waals surface area contributed by atoms with Crippen molar-refractivity contribution in [3.05, 3.63) is 48.1 Å². The van der Waals surface area contributed by atoms with Crippen molar-refractivity contribution in [1.29, 1.82) is 0 Å². The lowest BCUT2D eigenvalue weighted by atomic mass is 10.0. The predicted octanol–water partition coefficient (Wildman–Crippen LogP) is 1.99. The monoisotopic (exact) mass is 272 g/mol. The van der Waals surface area contributed by atoms with Crippen LogP contribution in [0.2, 0.25) is 0 Å². The van der Waals surface area contributed by atoms with Gasteiger partial charge < -0.3 is 9.84 Å². The van der Waals surface area contributed by atoms with Crippen LogP contribution in [-0.2, 0) is 6.54 Å². The molecule has 1 fully saturated rings. The lowest BCUT2D eigenvalue weighted by molar-refractivity contribution is 0.115. The fraction of sp³-hybridized carbons (Fsp3) is 0.467. The molecule has 3 rings (SSSR count). The molecule has 0 aliphatic carbocycles. The maximum Gasteiger partial charge on any atom is 0.213 e. The zero-order valence-corrected chi connectivity index (χ0v) is 11.7. The van der Waals surface area contributed by atoms with Gasteiger partial charge in [-0.15, -0.1) is 0 Å². The fourth-order valence-electron chi connectivity index (χ4n) is 2.80. The summed E-state index contributed by atoms with van der Waals surface area (Å²) in [5, 5.41) is 7.57. The number of piperazine rings is 1. The Hall–Kier alpha value is -1.72. The molecule has 2 heterocycles. The number of aromatic nitrogens is 2. The second kappa shape index (κ2) is 6.15. The Morgan fingerprint density at radius 1 is 1.35 bits per heavy atom. The molecule has 20 heavy (non-hydrogen) atoms. The zero-order valence-electron chi connectivity index (χ0n) is 11.7. The Morgan fingerprint density at radius 2 is 2.20 bits per heavy atom. The molecular weight excluding hydrogens is 252 g/mol. The van der Waals surface area contributed by atoms with Crippen molar-refractivity contribution in [3.8, 4) is 0 Å². The number of benzene rings is 1. The summed E-state index contributed by atoms with van der Waals surface area (Å²) in [6, 6.07) is 11.5. The van der Waals surface area contributed by atoms with E-state index in [1.54, 1.807) is 0 Å². The van der Waals surface area contributed by atoms with E-state index in [-0.39, 0.29) is 0 Å². The second-order valence-electron chi connectivity index (χ2n) is 5.21. The molecule has 5 nitrogen and oxygen atoms in total. The number of rotatable bonds is 4. The van der Waals surface area contributed by atoms with Gasteiger partial charge in [-0.25, -0.2) is 0 Å². The molecule has 2 aromatic rings. The van der Waals surface area contributed by atoms with Crippen LogP contribution in [-0.4, -0.2) is 34.2 Å².